The number of carbonyl (C=O) groups is 1. The van der Waals surface area contributed by atoms with Gasteiger partial charge in [0, 0.05) is 49.1 Å². The van der Waals surface area contributed by atoms with Gasteiger partial charge in [-0.15, -0.1) is 0 Å². The number of nitrogens with zero attached hydrogens (tertiary/aromatic N) is 4. The Morgan fingerprint density at radius 2 is 2.00 bits per heavy atom. The second kappa shape index (κ2) is 10.1. The van der Waals surface area contributed by atoms with E-state index in [1.165, 1.54) is 6.42 Å². The van der Waals surface area contributed by atoms with Crippen molar-refractivity contribution in [2.45, 2.75) is 52.0 Å². The Morgan fingerprint density at radius 1 is 1.21 bits per heavy atom. The van der Waals surface area contributed by atoms with Crippen molar-refractivity contribution in [3.63, 3.8) is 0 Å². The van der Waals surface area contributed by atoms with Gasteiger partial charge in [0.1, 0.15) is 11.6 Å². The molecule has 2 aliphatic rings. The molecule has 2 aromatic rings. The zero-order valence-corrected chi connectivity index (χ0v) is 19.6. The van der Waals surface area contributed by atoms with Gasteiger partial charge in [-0.1, -0.05) is 18.2 Å². The summed E-state index contributed by atoms with van der Waals surface area (Å²) in [7, 11) is 1.59. The molecule has 1 aliphatic heterocycles. The molecule has 0 radical (unpaired) electrons. The van der Waals surface area contributed by atoms with E-state index in [0.717, 1.165) is 25.9 Å². The number of aromatic nitrogens is 2. The van der Waals surface area contributed by atoms with E-state index < -0.39 is 0 Å². The number of carbonyl (C=O) groups excluding carboxylic acids is 1. The average molecular weight is 451 g/mol. The Balaban J connectivity index is 1.80. The first-order valence-electron chi connectivity index (χ1n) is 11.6. The van der Waals surface area contributed by atoms with Gasteiger partial charge in [0.05, 0.1) is 18.4 Å². The topological polar surface area (TPSA) is 58.6 Å². The number of benzene rings is 1. The molecule has 1 amide bonds. The van der Waals surface area contributed by atoms with Gasteiger partial charge in [0.15, 0.2) is 0 Å². The van der Waals surface area contributed by atoms with Crippen molar-refractivity contribution in [2.24, 2.45) is 0 Å². The Bertz CT molecular complexity index is 1070. The maximum absolute atomic E-state index is 14.9. The van der Waals surface area contributed by atoms with Gasteiger partial charge in [0.2, 0.25) is 5.95 Å². The van der Waals surface area contributed by atoms with Crippen molar-refractivity contribution in [1.29, 1.82) is 0 Å². The van der Waals surface area contributed by atoms with E-state index in [0.29, 0.717) is 47.1 Å². The number of rotatable bonds is 6. The van der Waals surface area contributed by atoms with Gasteiger partial charge in [-0.3, -0.25) is 4.79 Å². The summed E-state index contributed by atoms with van der Waals surface area (Å²) in [6.45, 7) is 5.62. The van der Waals surface area contributed by atoms with E-state index in [9.17, 15) is 9.18 Å². The molecule has 0 spiro atoms. The summed E-state index contributed by atoms with van der Waals surface area (Å²) < 4.78 is 20.3. The lowest BCUT2D eigenvalue weighted by atomic mass is 9.99. The lowest BCUT2D eigenvalue weighted by molar-refractivity contribution is 0.0979. The van der Waals surface area contributed by atoms with Crippen LogP contribution in [0, 0.1) is 0 Å². The van der Waals surface area contributed by atoms with Crippen LogP contribution in [0.1, 0.15) is 62.0 Å². The van der Waals surface area contributed by atoms with Crippen LogP contribution in [0.3, 0.4) is 0 Å². The van der Waals surface area contributed by atoms with Gasteiger partial charge in [-0.25, -0.2) is 14.4 Å². The fourth-order valence-corrected chi connectivity index (χ4v) is 4.36. The number of hydrogen-bond donors (Lipinski definition) is 0. The summed E-state index contributed by atoms with van der Waals surface area (Å²) in [5.74, 6) is 0.704. The van der Waals surface area contributed by atoms with E-state index in [2.05, 4.69) is 9.88 Å². The van der Waals surface area contributed by atoms with Crippen LogP contribution in [0.4, 0.5) is 16.0 Å². The Labute approximate surface area is 194 Å². The predicted molar refractivity (Wildman–Crippen MR) is 129 cm³/mol. The molecule has 1 aromatic heterocycles. The van der Waals surface area contributed by atoms with E-state index in [4.69, 9.17) is 9.72 Å². The summed E-state index contributed by atoms with van der Waals surface area (Å²) in [4.78, 5) is 27.0. The minimum absolute atomic E-state index is 0.139. The monoisotopic (exact) mass is 450 g/mol. The fourth-order valence-electron chi connectivity index (χ4n) is 4.36. The number of methoxy groups -OCH3 is 1. The Hall–Kier alpha value is -3.22. The highest BCUT2D eigenvalue weighted by atomic mass is 19.1. The lowest BCUT2D eigenvalue weighted by Crippen LogP contribution is -2.38. The molecular formula is C26H31FN4O2. The SMILES string of the molecule is COc1cccc(N(C(=O)c2cnc(N3CCCCC3)nc2C2=C(F)CCC=C2)C(C)C)c1. The molecule has 1 saturated heterocycles. The Morgan fingerprint density at radius 3 is 2.70 bits per heavy atom. The molecule has 0 unspecified atom stereocenters. The van der Waals surface area contributed by atoms with Gasteiger partial charge in [-0.2, -0.15) is 0 Å². The third-order valence-corrected chi connectivity index (χ3v) is 6.07. The van der Waals surface area contributed by atoms with Gasteiger partial charge in [-0.05, 0) is 51.7 Å². The number of anilines is 2. The van der Waals surface area contributed by atoms with Crippen LogP contribution in [0.2, 0.25) is 0 Å². The summed E-state index contributed by atoms with van der Waals surface area (Å²) in [5, 5.41) is 0. The molecule has 1 fully saturated rings. The second-order valence-corrected chi connectivity index (χ2v) is 8.71. The molecule has 7 heteroatoms. The van der Waals surface area contributed by atoms with Crippen molar-refractivity contribution in [3.05, 3.63) is 59.7 Å². The van der Waals surface area contributed by atoms with Crippen LogP contribution < -0.4 is 14.5 Å². The van der Waals surface area contributed by atoms with E-state index >= 15 is 0 Å². The zero-order valence-electron chi connectivity index (χ0n) is 19.6. The highest BCUT2D eigenvalue weighted by Crippen LogP contribution is 2.32. The molecule has 6 nitrogen and oxygen atoms in total. The van der Waals surface area contributed by atoms with Crippen molar-refractivity contribution in [1.82, 2.24) is 9.97 Å². The standard InChI is InChI=1S/C26H31FN4O2/c1-18(2)31(19-10-9-11-20(16-19)33-3)25(32)22-17-28-26(30-14-7-4-8-15-30)29-24(22)21-12-5-6-13-23(21)27/h5,9-12,16-18H,4,6-8,13-15H2,1-3H3. The lowest BCUT2D eigenvalue weighted by Gasteiger charge is -2.29. The maximum Gasteiger partial charge on any atom is 0.262 e. The van der Waals surface area contributed by atoms with Crippen molar-refractivity contribution in [3.8, 4) is 5.75 Å². The summed E-state index contributed by atoms with van der Waals surface area (Å²) in [6.07, 6.45) is 9.53. The van der Waals surface area contributed by atoms with E-state index in [-0.39, 0.29) is 17.8 Å². The number of halogens is 1. The largest absolute Gasteiger partial charge is 0.497 e. The highest BCUT2D eigenvalue weighted by Gasteiger charge is 2.28. The minimum atomic E-state index is -0.266. The first kappa shape index (κ1) is 23.0. The molecule has 2 heterocycles. The molecule has 33 heavy (non-hydrogen) atoms. The predicted octanol–water partition coefficient (Wildman–Crippen LogP) is 5.56. The number of piperidine rings is 1. The molecule has 0 bridgehead atoms. The second-order valence-electron chi connectivity index (χ2n) is 8.71. The number of allylic oxidation sites excluding steroid dienone is 4. The third kappa shape index (κ3) is 4.92. The smallest absolute Gasteiger partial charge is 0.262 e. The van der Waals surface area contributed by atoms with Crippen LogP contribution in [-0.4, -0.2) is 42.1 Å². The van der Waals surface area contributed by atoms with Gasteiger partial charge in [0.25, 0.3) is 5.91 Å². The van der Waals surface area contributed by atoms with Crippen molar-refractivity contribution >= 4 is 23.1 Å². The Kier molecular flexibility index (Phi) is 7.06. The van der Waals surface area contributed by atoms with Crippen molar-refractivity contribution < 1.29 is 13.9 Å². The minimum Gasteiger partial charge on any atom is -0.497 e. The van der Waals surface area contributed by atoms with Crippen LogP contribution in [-0.2, 0) is 0 Å². The molecule has 1 aromatic carbocycles. The van der Waals surface area contributed by atoms with Crippen LogP contribution >= 0.6 is 0 Å². The molecule has 4 rings (SSSR count). The molecule has 0 N–H and O–H groups in total. The first-order chi connectivity index (χ1) is 16.0. The number of hydrogen-bond acceptors (Lipinski definition) is 5. The van der Waals surface area contributed by atoms with E-state index in [1.807, 2.05) is 44.2 Å². The first-order valence-corrected chi connectivity index (χ1v) is 11.6. The van der Waals surface area contributed by atoms with Crippen molar-refractivity contribution in [2.75, 3.05) is 30.0 Å². The highest BCUT2D eigenvalue weighted by molar-refractivity contribution is 6.09. The van der Waals surface area contributed by atoms with Gasteiger partial charge >= 0.3 is 0 Å². The molecule has 0 saturated carbocycles. The van der Waals surface area contributed by atoms with Crippen LogP contribution in [0.5, 0.6) is 5.75 Å². The number of amides is 1. The third-order valence-electron chi connectivity index (χ3n) is 6.07. The average Bonchev–Trinajstić information content (AvgIpc) is 2.84. The van der Waals surface area contributed by atoms with Crippen LogP contribution in [0.25, 0.3) is 5.57 Å². The number of ether oxygens (including phenoxy) is 1. The fraction of sp³-hybridized carbons (Fsp3) is 0.423. The summed E-state index contributed by atoms with van der Waals surface area (Å²) in [6, 6.07) is 7.23. The molecule has 0 atom stereocenters. The summed E-state index contributed by atoms with van der Waals surface area (Å²) in [5.41, 5.74) is 1.73. The zero-order chi connectivity index (χ0) is 23.4. The molecular weight excluding hydrogens is 419 g/mol. The van der Waals surface area contributed by atoms with Gasteiger partial charge < -0.3 is 14.5 Å². The molecule has 174 valence electrons. The normalized spacial score (nSPS) is 16.3. The van der Waals surface area contributed by atoms with E-state index in [1.54, 1.807) is 24.3 Å². The van der Waals surface area contributed by atoms with Crippen LogP contribution in [0.15, 0.2) is 48.4 Å². The molecule has 1 aliphatic carbocycles. The maximum atomic E-state index is 14.9. The quantitative estimate of drug-likeness (QED) is 0.577. The summed E-state index contributed by atoms with van der Waals surface area (Å²) >= 11 is 0.